The Bertz CT molecular complexity index is 95.8. The smallest absolute Gasteiger partial charge is 0.0748 e. The molecule has 0 aliphatic rings. The maximum Gasteiger partial charge on any atom is 0.339 e. The average Bonchev–Trinajstić information content (AvgIpc) is 1.58. The van der Waals surface area contributed by atoms with Crippen molar-refractivity contribution < 1.29 is 4.57 Å². The van der Waals surface area contributed by atoms with Crippen LogP contribution in [0.25, 0.3) is 0 Å². The van der Waals surface area contributed by atoms with Gasteiger partial charge >= 0.3 is 7.80 Å². The van der Waals surface area contributed by atoms with Gasteiger partial charge in [0.1, 0.15) is 12.3 Å². The van der Waals surface area contributed by atoms with Crippen molar-refractivity contribution in [3.63, 3.8) is 0 Å². The van der Waals surface area contributed by atoms with Crippen LogP contribution in [0.2, 0.25) is 0 Å². The summed E-state index contributed by atoms with van der Waals surface area (Å²) < 4.78 is 11.2. The van der Waals surface area contributed by atoms with Crippen molar-refractivity contribution in [2.24, 2.45) is 11.8 Å². The predicted octanol–water partition coefficient (Wildman–Crippen LogP) is 3.13. The standard InChI is InChI=1S/C8H18OP/c1-7(2)5-10(9)6-8(3)4/h7-8H,5-6H2,1-4H3/q+1. The molecule has 0 rings (SSSR count). The van der Waals surface area contributed by atoms with Crippen LogP contribution in [0.15, 0.2) is 0 Å². The lowest BCUT2D eigenvalue weighted by molar-refractivity contribution is 0.571. The molecule has 0 saturated heterocycles. The molecule has 1 nitrogen and oxygen atoms in total. The van der Waals surface area contributed by atoms with E-state index in [0.717, 1.165) is 12.3 Å². The van der Waals surface area contributed by atoms with Crippen LogP contribution in [-0.2, 0) is 4.57 Å². The van der Waals surface area contributed by atoms with Gasteiger partial charge in [-0.05, 0) is 11.8 Å². The summed E-state index contributed by atoms with van der Waals surface area (Å²) in [5.41, 5.74) is 0. The molecule has 0 N–H and O–H groups in total. The highest BCUT2D eigenvalue weighted by Crippen LogP contribution is 2.26. The highest BCUT2D eigenvalue weighted by molar-refractivity contribution is 7.44. The lowest BCUT2D eigenvalue weighted by atomic mass is 10.3. The van der Waals surface area contributed by atoms with Crippen LogP contribution in [0, 0.1) is 11.8 Å². The molecule has 0 aromatic carbocycles. The molecule has 0 unspecified atom stereocenters. The molecule has 0 heterocycles. The number of hydrogen-bond acceptors (Lipinski definition) is 1. The van der Waals surface area contributed by atoms with Crippen LogP contribution in [0.4, 0.5) is 0 Å². The Hall–Kier alpha value is 0.100. The van der Waals surface area contributed by atoms with Crippen LogP contribution >= 0.6 is 7.80 Å². The van der Waals surface area contributed by atoms with Crippen molar-refractivity contribution in [3.8, 4) is 0 Å². The van der Waals surface area contributed by atoms with Gasteiger partial charge in [0.2, 0.25) is 0 Å². The van der Waals surface area contributed by atoms with E-state index in [1.54, 1.807) is 0 Å². The van der Waals surface area contributed by atoms with E-state index in [0.29, 0.717) is 11.8 Å². The topological polar surface area (TPSA) is 17.1 Å². The third kappa shape index (κ3) is 6.22. The first-order chi connectivity index (χ1) is 4.52. The van der Waals surface area contributed by atoms with E-state index in [4.69, 9.17) is 0 Å². The third-order valence-corrected chi connectivity index (χ3v) is 3.41. The summed E-state index contributed by atoms with van der Waals surface area (Å²) >= 11 is 0. The van der Waals surface area contributed by atoms with E-state index in [1.165, 1.54) is 0 Å². The van der Waals surface area contributed by atoms with Crippen LogP contribution in [0.5, 0.6) is 0 Å². The van der Waals surface area contributed by atoms with E-state index in [1.807, 2.05) is 0 Å². The van der Waals surface area contributed by atoms with E-state index >= 15 is 0 Å². The van der Waals surface area contributed by atoms with Crippen LogP contribution < -0.4 is 0 Å². The molecule has 10 heavy (non-hydrogen) atoms. The quantitative estimate of drug-likeness (QED) is 0.579. The molecule has 0 atom stereocenters. The van der Waals surface area contributed by atoms with Crippen LogP contribution in [0.1, 0.15) is 27.7 Å². The van der Waals surface area contributed by atoms with E-state index in [2.05, 4.69) is 27.7 Å². The van der Waals surface area contributed by atoms with Gasteiger partial charge < -0.3 is 0 Å². The van der Waals surface area contributed by atoms with Gasteiger partial charge in [-0.1, -0.05) is 32.3 Å². The van der Waals surface area contributed by atoms with Gasteiger partial charge in [0.05, 0.1) is 0 Å². The van der Waals surface area contributed by atoms with E-state index < -0.39 is 7.80 Å². The zero-order chi connectivity index (χ0) is 8.15. The first-order valence-electron chi connectivity index (χ1n) is 3.94. The molecule has 0 saturated carbocycles. The fraction of sp³-hybridized carbons (Fsp3) is 1.00. The molecule has 0 aliphatic carbocycles. The summed E-state index contributed by atoms with van der Waals surface area (Å²) in [7, 11) is -0.909. The second-order valence-corrected chi connectivity index (χ2v) is 5.33. The largest absolute Gasteiger partial charge is 0.339 e. The Kier molecular flexibility index (Phi) is 4.89. The molecular formula is C8H18OP+. The highest BCUT2D eigenvalue weighted by Gasteiger charge is 2.18. The average molecular weight is 161 g/mol. The fourth-order valence-electron chi connectivity index (χ4n) is 0.889. The minimum absolute atomic E-state index is 0.586. The van der Waals surface area contributed by atoms with Gasteiger partial charge in [0, 0.05) is 0 Å². The summed E-state index contributed by atoms with van der Waals surface area (Å²) in [5.74, 6) is 1.17. The van der Waals surface area contributed by atoms with E-state index in [9.17, 15) is 4.57 Å². The molecule has 0 amide bonds. The first kappa shape index (κ1) is 10.1. The van der Waals surface area contributed by atoms with Gasteiger partial charge in [-0.25, -0.2) is 0 Å². The Morgan fingerprint density at radius 1 is 1.00 bits per heavy atom. The van der Waals surface area contributed by atoms with Gasteiger partial charge in [-0.15, -0.1) is 0 Å². The van der Waals surface area contributed by atoms with Crippen molar-refractivity contribution in [1.82, 2.24) is 0 Å². The maximum absolute atomic E-state index is 11.2. The summed E-state index contributed by atoms with van der Waals surface area (Å²) in [6, 6.07) is 0. The molecule has 0 bridgehead atoms. The Labute approximate surface area is 65.0 Å². The van der Waals surface area contributed by atoms with Crippen molar-refractivity contribution in [1.29, 1.82) is 0 Å². The SMILES string of the molecule is CC(C)C[P+](=O)CC(C)C. The summed E-state index contributed by atoms with van der Waals surface area (Å²) in [4.78, 5) is 0. The molecule has 60 valence electrons. The number of rotatable bonds is 4. The summed E-state index contributed by atoms with van der Waals surface area (Å²) in [6.45, 7) is 8.47. The van der Waals surface area contributed by atoms with Crippen molar-refractivity contribution >= 4 is 7.80 Å². The predicted molar refractivity (Wildman–Crippen MR) is 47.0 cm³/mol. The molecule has 0 aromatic rings. The molecule has 0 fully saturated rings. The molecule has 0 aliphatic heterocycles. The van der Waals surface area contributed by atoms with Crippen molar-refractivity contribution in [2.45, 2.75) is 27.7 Å². The molecule has 2 heteroatoms. The molecular weight excluding hydrogens is 143 g/mol. The van der Waals surface area contributed by atoms with Crippen LogP contribution in [0.3, 0.4) is 0 Å². The third-order valence-electron chi connectivity index (χ3n) is 1.14. The molecule has 0 radical (unpaired) electrons. The van der Waals surface area contributed by atoms with Gasteiger partial charge in [-0.2, -0.15) is 0 Å². The minimum Gasteiger partial charge on any atom is -0.0748 e. The Morgan fingerprint density at radius 2 is 1.30 bits per heavy atom. The summed E-state index contributed by atoms with van der Waals surface area (Å²) in [6.07, 6.45) is 1.79. The Morgan fingerprint density at radius 3 is 1.50 bits per heavy atom. The van der Waals surface area contributed by atoms with Gasteiger partial charge in [0.15, 0.2) is 0 Å². The van der Waals surface area contributed by atoms with Gasteiger partial charge in [-0.3, -0.25) is 0 Å². The Balaban J connectivity index is 3.44. The molecule has 0 aromatic heterocycles. The fourth-order valence-corrected chi connectivity index (χ4v) is 2.67. The lowest BCUT2D eigenvalue weighted by Crippen LogP contribution is -1.97. The normalized spacial score (nSPS) is 11.0. The zero-order valence-electron chi connectivity index (χ0n) is 7.42. The second-order valence-electron chi connectivity index (χ2n) is 3.63. The van der Waals surface area contributed by atoms with Crippen molar-refractivity contribution in [3.05, 3.63) is 0 Å². The monoisotopic (exact) mass is 161 g/mol. The highest BCUT2D eigenvalue weighted by atomic mass is 31.1. The van der Waals surface area contributed by atoms with Crippen molar-refractivity contribution in [2.75, 3.05) is 12.3 Å². The van der Waals surface area contributed by atoms with Gasteiger partial charge in [0.25, 0.3) is 0 Å². The number of hydrogen-bond donors (Lipinski definition) is 0. The minimum atomic E-state index is -0.909. The zero-order valence-corrected chi connectivity index (χ0v) is 8.32. The molecule has 0 spiro atoms. The lowest BCUT2D eigenvalue weighted by Gasteiger charge is -1.95. The van der Waals surface area contributed by atoms with Crippen LogP contribution in [-0.4, -0.2) is 12.3 Å². The summed E-state index contributed by atoms with van der Waals surface area (Å²) in [5, 5.41) is 0. The van der Waals surface area contributed by atoms with E-state index in [-0.39, 0.29) is 0 Å². The maximum atomic E-state index is 11.2. The second kappa shape index (κ2) is 4.85. The first-order valence-corrected chi connectivity index (χ1v) is 5.57.